The lowest BCUT2D eigenvalue weighted by molar-refractivity contribution is -0.155. The zero-order valence-corrected chi connectivity index (χ0v) is 9.87. The molecule has 2 N–H and O–H groups in total. The SMILES string of the molecule is CCC(CN)C(=O)OC1CCC(C)CC1. The minimum Gasteiger partial charge on any atom is -0.462 e. The summed E-state index contributed by atoms with van der Waals surface area (Å²) in [5, 5.41) is 0. The monoisotopic (exact) mass is 213 g/mol. The maximum atomic E-state index is 11.7. The molecule has 0 saturated heterocycles. The van der Waals surface area contributed by atoms with Gasteiger partial charge in [0.2, 0.25) is 0 Å². The highest BCUT2D eigenvalue weighted by molar-refractivity contribution is 5.72. The highest BCUT2D eigenvalue weighted by Crippen LogP contribution is 2.26. The van der Waals surface area contributed by atoms with E-state index >= 15 is 0 Å². The van der Waals surface area contributed by atoms with Crippen molar-refractivity contribution in [2.75, 3.05) is 6.54 Å². The van der Waals surface area contributed by atoms with Crippen molar-refractivity contribution in [1.29, 1.82) is 0 Å². The van der Waals surface area contributed by atoms with Crippen LogP contribution in [0.3, 0.4) is 0 Å². The van der Waals surface area contributed by atoms with E-state index in [1.165, 1.54) is 12.8 Å². The number of hydrogen-bond donors (Lipinski definition) is 1. The second kappa shape index (κ2) is 6.11. The van der Waals surface area contributed by atoms with Crippen molar-refractivity contribution in [3.8, 4) is 0 Å². The summed E-state index contributed by atoms with van der Waals surface area (Å²) in [6.45, 7) is 4.63. The molecule has 0 aromatic heterocycles. The molecule has 1 aliphatic rings. The fraction of sp³-hybridized carbons (Fsp3) is 0.917. The van der Waals surface area contributed by atoms with Crippen LogP contribution in [0.25, 0.3) is 0 Å². The van der Waals surface area contributed by atoms with Gasteiger partial charge < -0.3 is 10.5 Å². The number of carbonyl (C=O) groups is 1. The Hall–Kier alpha value is -0.570. The molecule has 15 heavy (non-hydrogen) atoms. The van der Waals surface area contributed by atoms with E-state index in [0.717, 1.165) is 25.2 Å². The fourth-order valence-corrected chi connectivity index (χ4v) is 2.04. The van der Waals surface area contributed by atoms with E-state index in [0.29, 0.717) is 6.54 Å². The van der Waals surface area contributed by atoms with Gasteiger partial charge in [-0.25, -0.2) is 0 Å². The molecule has 1 unspecified atom stereocenters. The highest BCUT2D eigenvalue weighted by atomic mass is 16.5. The number of hydrogen-bond acceptors (Lipinski definition) is 3. The van der Waals surface area contributed by atoms with Crippen LogP contribution in [0.4, 0.5) is 0 Å². The zero-order valence-electron chi connectivity index (χ0n) is 9.87. The summed E-state index contributed by atoms with van der Waals surface area (Å²) in [6.07, 6.45) is 5.32. The third-order valence-corrected chi connectivity index (χ3v) is 3.36. The van der Waals surface area contributed by atoms with Crippen molar-refractivity contribution in [3.63, 3.8) is 0 Å². The maximum absolute atomic E-state index is 11.7. The number of esters is 1. The van der Waals surface area contributed by atoms with Crippen LogP contribution in [0.15, 0.2) is 0 Å². The van der Waals surface area contributed by atoms with E-state index in [9.17, 15) is 4.79 Å². The lowest BCUT2D eigenvalue weighted by atomic mass is 9.89. The molecule has 1 rings (SSSR count). The molecule has 3 heteroatoms. The minimum atomic E-state index is -0.107. The van der Waals surface area contributed by atoms with Gasteiger partial charge in [-0.1, -0.05) is 13.8 Å². The van der Waals surface area contributed by atoms with Gasteiger partial charge in [0.05, 0.1) is 5.92 Å². The second-order valence-electron chi connectivity index (χ2n) is 4.66. The van der Waals surface area contributed by atoms with Gasteiger partial charge in [-0.3, -0.25) is 4.79 Å². The van der Waals surface area contributed by atoms with Gasteiger partial charge in [-0.05, 0) is 38.0 Å². The van der Waals surface area contributed by atoms with Crippen molar-refractivity contribution in [1.82, 2.24) is 0 Å². The Morgan fingerprint density at radius 1 is 1.40 bits per heavy atom. The Morgan fingerprint density at radius 2 is 2.00 bits per heavy atom. The molecule has 0 heterocycles. The van der Waals surface area contributed by atoms with E-state index in [1.54, 1.807) is 0 Å². The van der Waals surface area contributed by atoms with E-state index in [1.807, 2.05) is 6.92 Å². The van der Waals surface area contributed by atoms with Crippen LogP contribution in [-0.2, 0) is 9.53 Å². The van der Waals surface area contributed by atoms with Crippen LogP contribution in [0.5, 0.6) is 0 Å². The molecule has 1 aliphatic carbocycles. The summed E-state index contributed by atoms with van der Waals surface area (Å²) in [4.78, 5) is 11.7. The van der Waals surface area contributed by atoms with Crippen molar-refractivity contribution in [2.45, 2.75) is 52.1 Å². The van der Waals surface area contributed by atoms with E-state index in [-0.39, 0.29) is 18.0 Å². The first-order valence-electron chi connectivity index (χ1n) is 6.07. The summed E-state index contributed by atoms with van der Waals surface area (Å²) >= 11 is 0. The molecule has 0 aromatic rings. The first kappa shape index (κ1) is 12.5. The molecular formula is C12H23NO2. The molecule has 88 valence electrons. The van der Waals surface area contributed by atoms with Crippen molar-refractivity contribution < 1.29 is 9.53 Å². The Kier molecular flexibility index (Phi) is 5.09. The third kappa shape index (κ3) is 3.82. The van der Waals surface area contributed by atoms with Gasteiger partial charge in [0.1, 0.15) is 6.10 Å². The number of rotatable bonds is 4. The van der Waals surface area contributed by atoms with Crippen LogP contribution in [0.1, 0.15) is 46.0 Å². The van der Waals surface area contributed by atoms with Gasteiger partial charge in [-0.15, -0.1) is 0 Å². The summed E-state index contributed by atoms with van der Waals surface area (Å²) in [5.41, 5.74) is 5.51. The molecule has 0 radical (unpaired) electrons. The maximum Gasteiger partial charge on any atom is 0.310 e. The van der Waals surface area contributed by atoms with Crippen LogP contribution in [0, 0.1) is 11.8 Å². The van der Waals surface area contributed by atoms with Crippen LogP contribution in [0.2, 0.25) is 0 Å². The largest absolute Gasteiger partial charge is 0.462 e. The molecule has 0 amide bonds. The van der Waals surface area contributed by atoms with E-state index in [2.05, 4.69) is 6.92 Å². The standard InChI is InChI=1S/C12H23NO2/c1-3-10(8-13)12(14)15-11-6-4-9(2)5-7-11/h9-11H,3-8,13H2,1-2H3. The number of ether oxygens (including phenoxy) is 1. The molecule has 1 atom stereocenters. The Labute approximate surface area is 92.4 Å². The van der Waals surface area contributed by atoms with Crippen molar-refractivity contribution in [3.05, 3.63) is 0 Å². The summed E-state index contributed by atoms with van der Waals surface area (Å²) in [5.74, 6) is 0.584. The van der Waals surface area contributed by atoms with Crippen LogP contribution >= 0.6 is 0 Å². The number of carbonyl (C=O) groups excluding carboxylic acids is 1. The predicted molar refractivity (Wildman–Crippen MR) is 60.3 cm³/mol. The van der Waals surface area contributed by atoms with Gasteiger partial charge in [0, 0.05) is 6.54 Å². The molecular weight excluding hydrogens is 190 g/mol. The lowest BCUT2D eigenvalue weighted by Crippen LogP contribution is -2.30. The quantitative estimate of drug-likeness (QED) is 0.727. The van der Waals surface area contributed by atoms with Crippen LogP contribution in [-0.4, -0.2) is 18.6 Å². The summed E-state index contributed by atoms with van der Waals surface area (Å²) in [7, 11) is 0. The number of nitrogens with two attached hydrogens (primary N) is 1. The molecule has 3 nitrogen and oxygen atoms in total. The molecule has 1 saturated carbocycles. The molecule has 0 aromatic carbocycles. The first-order valence-corrected chi connectivity index (χ1v) is 6.07. The van der Waals surface area contributed by atoms with Gasteiger partial charge in [0.25, 0.3) is 0 Å². The Balaban J connectivity index is 2.31. The van der Waals surface area contributed by atoms with Gasteiger partial charge in [-0.2, -0.15) is 0 Å². The normalized spacial score (nSPS) is 28.5. The Bertz CT molecular complexity index is 194. The second-order valence-corrected chi connectivity index (χ2v) is 4.66. The smallest absolute Gasteiger partial charge is 0.310 e. The fourth-order valence-electron chi connectivity index (χ4n) is 2.04. The average Bonchev–Trinajstić information content (AvgIpc) is 2.23. The average molecular weight is 213 g/mol. The summed E-state index contributed by atoms with van der Waals surface area (Å²) < 4.78 is 5.46. The van der Waals surface area contributed by atoms with Gasteiger partial charge in [0.15, 0.2) is 0 Å². The molecule has 1 fully saturated rings. The Morgan fingerprint density at radius 3 is 2.47 bits per heavy atom. The zero-order chi connectivity index (χ0) is 11.3. The first-order chi connectivity index (χ1) is 7.17. The predicted octanol–water partition coefficient (Wildman–Crippen LogP) is 2.09. The van der Waals surface area contributed by atoms with Crippen molar-refractivity contribution in [2.24, 2.45) is 17.6 Å². The molecule has 0 spiro atoms. The van der Waals surface area contributed by atoms with Crippen LogP contribution < -0.4 is 5.73 Å². The minimum absolute atomic E-state index is 0.0976. The lowest BCUT2D eigenvalue weighted by Gasteiger charge is -2.27. The van der Waals surface area contributed by atoms with E-state index in [4.69, 9.17) is 10.5 Å². The molecule has 0 bridgehead atoms. The van der Waals surface area contributed by atoms with E-state index < -0.39 is 0 Å². The van der Waals surface area contributed by atoms with Gasteiger partial charge >= 0.3 is 5.97 Å². The van der Waals surface area contributed by atoms with Crippen molar-refractivity contribution >= 4 is 5.97 Å². The summed E-state index contributed by atoms with van der Waals surface area (Å²) in [6, 6.07) is 0. The topological polar surface area (TPSA) is 52.3 Å². The molecule has 0 aliphatic heterocycles. The highest BCUT2D eigenvalue weighted by Gasteiger charge is 2.24. The third-order valence-electron chi connectivity index (χ3n) is 3.36.